The summed E-state index contributed by atoms with van der Waals surface area (Å²) in [6.07, 6.45) is 8.57. The lowest BCUT2D eigenvalue weighted by molar-refractivity contribution is 0.291. The predicted molar refractivity (Wildman–Crippen MR) is 289 cm³/mol. The van der Waals surface area contributed by atoms with Crippen LogP contribution in [-0.2, 0) is 23.7 Å². The highest BCUT2D eigenvalue weighted by molar-refractivity contribution is 7.14. The van der Waals surface area contributed by atoms with Crippen LogP contribution < -0.4 is 9.60 Å². The lowest BCUT2D eigenvalue weighted by atomic mass is 9.74. The molecule has 0 aliphatic heterocycles. The smallest absolute Gasteiger partial charge is 0.206 e. The molecule has 73 heavy (non-hydrogen) atoms. The Morgan fingerprint density at radius 1 is 0.630 bits per heavy atom. The number of phenolic OH excluding ortho intramolecular Hbond substituents is 9. The zero-order valence-electron chi connectivity index (χ0n) is 41.8. The highest BCUT2D eigenvalue weighted by Crippen LogP contribution is 2.44. The number of rotatable bonds is 14. The van der Waals surface area contributed by atoms with E-state index < -0.39 is 39.9 Å². The molecule has 3 unspecified atom stereocenters. The molecule has 0 bridgehead atoms. The number of benzene rings is 4. The summed E-state index contributed by atoms with van der Waals surface area (Å²) >= 11 is 4.48. The van der Waals surface area contributed by atoms with Crippen LogP contribution in [-0.4, -0.2) is 79.8 Å². The van der Waals surface area contributed by atoms with Crippen LogP contribution in [0, 0.1) is 12.8 Å². The number of thiazole rings is 2. The van der Waals surface area contributed by atoms with Crippen molar-refractivity contribution in [1.29, 1.82) is 0 Å². The molecule has 3 heterocycles. The van der Waals surface area contributed by atoms with E-state index in [1.165, 1.54) is 65.4 Å². The normalized spacial score (nSPS) is 16.6. The quantitative estimate of drug-likeness (QED) is 0.0371. The van der Waals surface area contributed by atoms with Gasteiger partial charge in [-0.05, 0) is 133 Å². The first-order valence-corrected chi connectivity index (χ1v) is 26.7. The van der Waals surface area contributed by atoms with Gasteiger partial charge in [-0.2, -0.15) is 10.2 Å². The first-order chi connectivity index (χ1) is 34.6. The summed E-state index contributed by atoms with van der Waals surface area (Å²) in [6.45, 7) is 14.5. The Bertz CT molecular complexity index is 3370. The Hall–Kier alpha value is -7.02. The summed E-state index contributed by atoms with van der Waals surface area (Å²) in [6, 6.07) is 16.5. The fourth-order valence-corrected chi connectivity index (χ4v) is 12.2. The van der Waals surface area contributed by atoms with E-state index in [-0.39, 0.29) is 45.9 Å². The Kier molecular flexibility index (Phi) is 15.2. The third-order valence-electron chi connectivity index (χ3n) is 13.2. The van der Waals surface area contributed by atoms with Gasteiger partial charge in [-0.3, -0.25) is 9.98 Å². The number of aromatic nitrogens is 2. The monoisotopic (exact) mass is 1050 g/mol. The fourth-order valence-electron chi connectivity index (χ4n) is 9.38. The standard InChI is InChI=1S/C55H62N6O9S3/c1-30(17-32-9-8-10-38(19-32)59-53-60(31(2)27-72-53)56-25-36-12-15-43(63)50(69)47(36)66)58-52-61(57-26-37-13-16-44(64)51(70)48(37)67)41(29-73-52)46-23-35(28-71-46)24-55(6,7)40-21-34(20-39(49(40)68)54(3,4)5)18-33-11-14-42(62)45(65)22-33/h11-16,20-23,25-30,32,38,62-70H,8-10,17-19,24H2,1-7H3/b56-25+,57-26+,58-52-,59-53-. The summed E-state index contributed by atoms with van der Waals surface area (Å²) in [5.74, 6) is -2.85. The maximum atomic E-state index is 11.9. The molecule has 15 nitrogen and oxygen atoms in total. The van der Waals surface area contributed by atoms with E-state index in [9.17, 15) is 46.0 Å². The number of phenols is 9. The summed E-state index contributed by atoms with van der Waals surface area (Å²) in [4.78, 5) is 12.6. The second-order valence-corrected chi connectivity index (χ2v) is 23.2. The van der Waals surface area contributed by atoms with Gasteiger partial charge < -0.3 is 46.0 Å². The van der Waals surface area contributed by atoms with Crippen molar-refractivity contribution in [2.45, 2.75) is 116 Å². The Morgan fingerprint density at radius 2 is 1.26 bits per heavy atom. The van der Waals surface area contributed by atoms with Crippen molar-refractivity contribution in [3.63, 3.8) is 0 Å². The largest absolute Gasteiger partial charge is 0.507 e. The molecule has 4 aromatic carbocycles. The molecule has 3 aromatic heterocycles. The van der Waals surface area contributed by atoms with Crippen LogP contribution in [0.3, 0.4) is 0 Å². The lowest BCUT2D eigenvalue weighted by Gasteiger charge is -2.31. The SMILES string of the molecule is Cc1cs/c(=N\C2CCCC(CC(C)/N=c3\scc(-c4cc(CC(C)(C)c5cc(Cc6ccc(O)c(O)c6)cc(C(C)(C)C)c5O)cs4)n3/N=C/c3ccc(O)c(O)c3O)C2)n1/N=C/c1ccc(O)c(O)c1O. The summed E-state index contributed by atoms with van der Waals surface area (Å²) < 4.78 is 3.45. The maximum Gasteiger partial charge on any atom is 0.206 e. The number of aryl methyl sites for hydroxylation is 1. The van der Waals surface area contributed by atoms with E-state index in [2.05, 4.69) is 58.1 Å². The molecule has 9 N–H and O–H groups in total. The van der Waals surface area contributed by atoms with E-state index in [1.54, 1.807) is 32.8 Å². The van der Waals surface area contributed by atoms with Crippen molar-refractivity contribution in [1.82, 2.24) is 9.35 Å². The molecule has 1 saturated carbocycles. The summed E-state index contributed by atoms with van der Waals surface area (Å²) in [7, 11) is 0. The first-order valence-electron chi connectivity index (χ1n) is 24.0. The highest BCUT2D eigenvalue weighted by atomic mass is 32.1. The zero-order valence-corrected chi connectivity index (χ0v) is 44.2. The molecule has 7 aromatic rings. The third-order valence-corrected chi connectivity index (χ3v) is 16.0. The van der Waals surface area contributed by atoms with Crippen molar-refractivity contribution in [2.75, 3.05) is 0 Å². The third kappa shape index (κ3) is 11.8. The molecule has 0 amide bonds. The molecular formula is C55H62N6O9S3. The topological polar surface area (TPSA) is 241 Å². The van der Waals surface area contributed by atoms with Crippen molar-refractivity contribution >= 4 is 46.4 Å². The molecule has 0 saturated heterocycles. The predicted octanol–water partition coefficient (Wildman–Crippen LogP) is 10.8. The molecule has 1 aliphatic rings. The average molecular weight is 1050 g/mol. The van der Waals surface area contributed by atoms with Gasteiger partial charge in [0, 0.05) is 27.5 Å². The van der Waals surface area contributed by atoms with Gasteiger partial charge in [0.2, 0.25) is 21.1 Å². The van der Waals surface area contributed by atoms with Gasteiger partial charge in [0.15, 0.2) is 34.5 Å². The van der Waals surface area contributed by atoms with Crippen LogP contribution >= 0.6 is 34.0 Å². The molecule has 8 rings (SSSR count). The minimum absolute atomic E-state index is 0.0567. The van der Waals surface area contributed by atoms with Crippen molar-refractivity contribution in [3.05, 3.63) is 131 Å². The second-order valence-electron chi connectivity index (χ2n) is 20.6. The van der Waals surface area contributed by atoms with Gasteiger partial charge >= 0.3 is 0 Å². The Balaban J connectivity index is 1.06. The van der Waals surface area contributed by atoms with Gasteiger partial charge in [0.25, 0.3) is 0 Å². The minimum atomic E-state index is -0.640. The van der Waals surface area contributed by atoms with Crippen molar-refractivity contribution < 1.29 is 46.0 Å². The van der Waals surface area contributed by atoms with E-state index in [1.807, 2.05) is 29.8 Å². The van der Waals surface area contributed by atoms with Gasteiger partial charge in [-0.25, -0.2) is 9.35 Å². The lowest BCUT2D eigenvalue weighted by Crippen LogP contribution is -2.25. The average Bonchev–Trinajstić information content (AvgIpc) is 4.06. The van der Waals surface area contributed by atoms with E-state index in [0.717, 1.165) is 76.2 Å². The van der Waals surface area contributed by atoms with Crippen molar-refractivity contribution in [3.8, 4) is 62.3 Å². The van der Waals surface area contributed by atoms with Gasteiger partial charge in [-0.15, -0.1) is 34.0 Å². The van der Waals surface area contributed by atoms with E-state index >= 15 is 0 Å². The molecule has 384 valence electrons. The number of hydrogen-bond acceptors (Lipinski definition) is 16. The van der Waals surface area contributed by atoms with Crippen LogP contribution in [0.4, 0.5) is 0 Å². The van der Waals surface area contributed by atoms with Crippen LogP contribution in [0.25, 0.3) is 10.6 Å². The number of hydrogen-bond donors (Lipinski definition) is 9. The van der Waals surface area contributed by atoms with Gasteiger partial charge in [-0.1, -0.05) is 65.7 Å². The summed E-state index contributed by atoms with van der Waals surface area (Å²) in [5, 5.41) is 109. The highest BCUT2D eigenvalue weighted by Gasteiger charge is 2.31. The zero-order chi connectivity index (χ0) is 52.5. The number of thiophene rings is 1. The maximum absolute atomic E-state index is 11.9. The van der Waals surface area contributed by atoms with Crippen molar-refractivity contribution in [2.24, 2.45) is 26.1 Å². The Labute approximate surface area is 435 Å². The number of nitrogens with zero attached hydrogens (tertiary/aromatic N) is 6. The van der Waals surface area contributed by atoms with Crippen LogP contribution in [0.2, 0.25) is 0 Å². The van der Waals surface area contributed by atoms with Gasteiger partial charge in [0.1, 0.15) is 5.75 Å². The molecule has 0 radical (unpaired) electrons. The Morgan fingerprint density at radius 3 is 1.92 bits per heavy atom. The molecule has 18 heteroatoms. The minimum Gasteiger partial charge on any atom is -0.507 e. The summed E-state index contributed by atoms with van der Waals surface area (Å²) in [5.41, 5.74) is 5.66. The van der Waals surface area contributed by atoms with E-state index in [0.29, 0.717) is 28.4 Å². The van der Waals surface area contributed by atoms with Crippen LogP contribution in [0.15, 0.2) is 97.0 Å². The second kappa shape index (κ2) is 21.2. The fraction of sp³-hybridized carbons (Fsp3) is 0.345. The number of aromatic hydroxyl groups is 9. The molecule has 1 fully saturated rings. The van der Waals surface area contributed by atoms with Crippen LogP contribution in [0.1, 0.15) is 118 Å². The molecule has 0 spiro atoms. The van der Waals surface area contributed by atoms with Crippen LogP contribution in [0.5, 0.6) is 51.7 Å². The molecular weight excluding hydrogens is 985 g/mol. The van der Waals surface area contributed by atoms with Gasteiger partial charge in [0.05, 0.1) is 40.8 Å². The molecule has 1 aliphatic carbocycles. The molecule has 3 atom stereocenters. The first kappa shape index (κ1) is 52.3. The van der Waals surface area contributed by atoms with E-state index in [4.69, 9.17) is 15.1 Å².